The van der Waals surface area contributed by atoms with E-state index in [0.29, 0.717) is 5.56 Å². The predicted molar refractivity (Wildman–Crippen MR) is 170 cm³/mol. The number of amides is 2. The van der Waals surface area contributed by atoms with Crippen molar-refractivity contribution in [2.24, 2.45) is 0 Å². The minimum Gasteiger partial charge on any atom is -0.463 e. The molecule has 51 heavy (non-hydrogen) atoms. The van der Waals surface area contributed by atoms with Gasteiger partial charge in [0.25, 0.3) is 0 Å². The van der Waals surface area contributed by atoms with Crippen LogP contribution in [-0.4, -0.2) is 122 Å². The number of hydrogen-bond acceptors (Lipinski definition) is 16. The first-order valence-corrected chi connectivity index (χ1v) is 15.9. The van der Waals surface area contributed by atoms with Crippen molar-refractivity contribution in [1.29, 1.82) is 0 Å². The Hall–Kier alpha value is -4.62. The fraction of sp³-hybridized carbons (Fsp3) is 0.576. The first kappa shape index (κ1) is 40.8. The summed E-state index contributed by atoms with van der Waals surface area (Å²) in [7, 11) is 0. The molecule has 2 saturated heterocycles. The molecular formula is C33H44N2O16. The summed E-state index contributed by atoms with van der Waals surface area (Å²) in [4.78, 5) is 73.2. The molecule has 3 rings (SSSR count). The maximum absolute atomic E-state index is 12.8. The van der Waals surface area contributed by atoms with E-state index in [2.05, 4.69) is 17.2 Å². The molecule has 1 aromatic rings. The van der Waals surface area contributed by atoms with Crippen LogP contribution in [0, 0.1) is 0 Å². The highest BCUT2D eigenvalue weighted by molar-refractivity contribution is 5.74. The maximum Gasteiger partial charge on any atom is 0.407 e. The van der Waals surface area contributed by atoms with Crippen LogP contribution in [0.25, 0.3) is 0 Å². The topological polar surface area (TPSA) is 230 Å². The molecule has 2 fully saturated rings. The molecule has 0 radical (unpaired) electrons. The largest absolute Gasteiger partial charge is 0.463 e. The third kappa shape index (κ3) is 12.6. The second-order valence-electron chi connectivity index (χ2n) is 11.5. The van der Waals surface area contributed by atoms with E-state index in [-0.39, 0.29) is 13.2 Å². The second-order valence-corrected chi connectivity index (χ2v) is 11.5. The van der Waals surface area contributed by atoms with E-state index in [4.69, 9.17) is 42.6 Å². The number of alkyl carbamates (subject to hydrolysis) is 1. The summed E-state index contributed by atoms with van der Waals surface area (Å²) < 4.78 is 50.4. The number of ether oxygens (including phenoxy) is 9. The summed E-state index contributed by atoms with van der Waals surface area (Å²) in [6, 6.07) is 6.24. The van der Waals surface area contributed by atoms with Gasteiger partial charge in [-0.2, -0.15) is 0 Å². The highest BCUT2D eigenvalue weighted by Gasteiger charge is 2.53. The molecule has 18 nitrogen and oxygen atoms in total. The molecule has 3 N–H and O–H groups in total. The van der Waals surface area contributed by atoms with Gasteiger partial charge >= 0.3 is 30.0 Å². The van der Waals surface area contributed by atoms with Gasteiger partial charge in [-0.1, -0.05) is 36.4 Å². The number of carbonyl (C=O) groups excluding carboxylic acids is 6. The molecule has 0 spiro atoms. The van der Waals surface area contributed by atoms with Gasteiger partial charge in [0, 0.05) is 34.6 Å². The zero-order chi connectivity index (χ0) is 37.7. The number of carbonyl (C=O) groups is 6. The molecule has 10 atom stereocenters. The highest BCUT2D eigenvalue weighted by Crippen LogP contribution is 2.30. The van der Waals surface area contributed by atoms with Crippen LogP contribution in [0.2, 0.25) is 0 Å². The summed E-state index contributed by atoms with van der Waals surface area (Å²) in [5, 5.41) is 16.5. The molecule has 0 saturated carbocycles. The molecule has 18 heteroatoms. The standard InChI is InChI=1S/C33H44N2O16/c1-7-13-43-31-25(35-33(42)46-14-22-11-9-8-10-12-22)29(48-20(5)39)27(41)23(50-31)15-45-32-26(34-17(2)36)30(49-21(6)40)28(47-19(4)38)24(51-32)16-44-18(3)37/h7-12,23-32,41H,1,13-16H2,2-6H3,(H,34,36)(H,35,42)/t23-,24-,25+,26+,27-,28-,29-,30-,31+,32-/m1/s1. The summed E-state index contributed by atoms with van der Waals surface area (Å²) in [5.74, 6) is -3.70. The van der Waals surface area contributed by atoms with E-state index in [1.54, 1.807) is 30.3 Å². The summed E-state index contributed by atoms with van der Waals surface area (Å²) in [6.45, 7) is 8.02. The van der Waals surface area contributed by atoms with Gasteiger partial charge in [-0.25, -0.2) is 4.79 Å². The number of aliphatic hydroxyl groups excluding tert-OH is 1. The third-order valence-corrected chi connectivity index (χ3v) is 7.35. The van der Waals surface area contributed by atoms with E-state index in [0.717, 1.165) is 27.7 Å². The zero-order valence-electron chi connectivity index (χ0n) is 28.8. The Morgan fingerprint density at radius 1 is 0.725 bits per heavy atom. The van der Waals surface area contributed by atoms with Crippen molar-refractivity contribution >= 4 is 35.9 Å². The third-order valence-electron chi connectivity index (χ3n) is 7.35. The minimum absolute atomic E-state index is 0.0857. The maximum atomic E-state index is 12.8. The van der Waals surface area contributed by atoms with Gasteiger partial charge in [0.2, 0.25) is 5.91 Å². The number of benzene rings is 1. The van der Waals surface area contributed by atoms with Crippen LogP contribution < -0.4 is 10.6 Å². The molecule has 2 aliphatic rings. The number of nitrogens with one attached hydrogen (secondary N) is 2. The average Bonchev–Trinajstić information content (AvgIpc) is 3.05. The number of aliphatic hydroxyl groups is 1. The van der Waals surface area contributed by atoms with Crippen molar-refractivity contribution in [2.45, 2.75) is 103 Å². The first-order chi connectivity index (χ1) is 24.2. The highest BCUT2D eigenvalue weighted by atomic mass is 16.7. The van der Waals surface area contributed by atoms with Gasteiger partial charge in [-0.05, 0) is 5.56 Å². The summed E-state index contributed by atoms with van der Waals surface area (Å²) in [5.41, 5.74) is 0.702. The Bertz CT molecular complexity index is 1380. The Morgan fingerprint density at radius 3 is 1.88 bits per heavy atom. The monoisotopic (exact) mass is 724 g/mol. The molecule has 0 aromatic heterocycles. The minimum atomic E-state index is -1.66. The molecule has 2 heterocycles. The number of hydrogen-bond donors (Lipinski definition) is 3. The van der Waals surface area contributed by atoms with Crippen LogP contribution in [0.4, 0.5) is 4.79 Å². The lowest BCUT2D eigenvalue weighted by Crippen LogP contribution is -2.68. The van der Waals surface area contributed by atoms with E-state index >= 15 is 0 Å². The van der Waals surface area contributed by atoms with Crippen LogP contribution in [0.1, 0.15) is 40.2 Å². The molecular weight excluding hydrogens is 680 g/mol. The van der Waals surface area contributed by atoms with E-state index in [1.807, 2.05) is 0 Å². The lowest BCUT2D eigenvalue weighted by atomic mass is 9.95. The van der Waals surface area contributed by atoms with Crippen molar-refractivity contribution in [1.82, 2.24) is 10.6 Å². The molecule has 0 aliphatic carbocycles. The molecule has 1 aromatic carbocycles. The van der Waals surface area contributed by atoms with Crippen LogP contribution >= 0.6 is 0 Å². The Balaban J connectivity index is 1.88. The molecule has 282 valence electrons. The fourth-order valence-electron chi connectivity index (χ4n) is 5.37. The Labute approximate surface area is 293 Å². The smallest absolute Gasteiger partial charge is 0.407 e. The van der Waals surface area contributed by atoms with Crippen molar-refractivity contribution in [3.8, 4) is 0 Å². The molecule has 2 aliphatic heterocycles. The number of rotatable bonds is 15. The number of esters is 4. The molecule has 0 unspecified atom stereocenters. The van der Waals surface area contributed by atoms with Crippen molar-refractivity contribution < 1.29 is 76.5 Å². The van der Waals surface area contributed by atoms with Crippen LogP contribution in [0.3, 0.4) is 0 Å². The van der Waals surface area contributed by atoms with Gasteiger partial charge in [0.05, 0.1) is 13.2 Å². The summed E-state index contributed by atoms with van der Waals surface area (Å²) in [6.07, 6.45) is -10.9. The fourth-order valence-corrected chi connectivity index (χ4v) is 5.37. The van der Waals surface area contributed by atoms with Crippen molar-refractivity contribution in [3.63, 3.8) is 0 Å². The van der Waals surface area contributed by atoms with Crippen LogP contribution in [0.5, 0.6) is 0 Å². The quantitative estimate of drug-likeness (QED) is 0.124. The zero-order valence-corrected chi connectivity index (χ0v) is 28.8. The van der Waals surface area contributed by atoms with E-state index in [1.165, 1.54) is 13.0 Å². The first-order valence-electron chi connectivity index (χ1n) is 15.9. The lowest BCUT2D eigenvalue weighted by molar-refractivity contribution is -0.305. The Kier molecular flexibility index (Phi) is 15.8. The van der Waals surface area contributed by atoms with E-state index in [9.17, 15) is 33.9 Å². The lowest BCUT2D eigenvalue weighted by Gasteiger charge is -2.46. The molecule has 0 bridgehead atoms. The van der Waals surface area contributed by atoms with Gasteiger partial charge in [-0.3, -0.25) is 24.0 Å². The summed E-state index contributed by atoms with van der Waals surface area (Å²) >= 11 is 0. The predicted octanol–water partition coefficient (Wildman–Crippen LogP) is 0.174. The molecule has 2 amide bonds. The van der Waals surface area contributed by atoms with Crippen LogP contribution in [0.15, 0.2) is 43.0 Å². The van der Waals surface area contributed by atoms with Crippen molar-refractivity contribution in [3.05, 3.63) is 48.6 Å². The SMILES string of the molecule is C=CCO[C@H]1O[C@H](CO[C@@H]2O[C@H](COC(C)=O)[C@@H](OC(C)=O)[C@H](OC(C)=O)[C@@H]2NC(C)=O)[C@@H](O)[C@H](OC(C)=O)[C@@H]1NC(=O)OCc1ccccc1. The van der Waals surface area contributed by atoms with Gasteiger partial charge in [-0.15, -0.1) is 6.58 Å². The Morgan fingerprint density at radius 2 is 1.29 bits per heavy atom. The van der Waals surface area contributed by atoms with Gasteiger partial charge in [0.1, 0.15) is 43.6 Å². The van der Waals surface area contributed by atoms with Crippen LogP contribution in [-0.2, 0) is 73.2 Å². The van der Waals surface area contributed by atoms with E-state index < -0.39 is 110 Å². The second kappa shape index (κ2) is 19.7. The van der Waals surface area contributed by atoms with Crippen molar-refractivity contribution in [2.75, 3.05) is 19.8 Å². The van der Waals surface area contributed by atoms with Gasteiger partial charge < -0.3 is 58.4 Å². The van der Waals surface area contributed by atoms with Gasteiger partial charge in [0.15, 0.2) is 30.9 Å². The average molecular weight is 725 g/mol. The normalized spacial score (nSPS) is 28.7.